The van der Waals surface area contributed by atoms with E-state index in [4.69, 9.17) is 9.97 Å². The second kappa shape index (κ2) is 11.2. The second-order valence-corrected chi connectivity index (χ2v) is 13.4. The summed E-state index contributed by atoms with van der Waals surface area (Å²) in [6, 6.07) is 64.8. The number of fused-ring (bicyclic) bond motifs is 9. The Morgan fingerprint density at radius 2 is 0.885 bits per heavy atom. The minimum atomic E-state index is 0.815. The predicted molar refractivity (Wildman–Crippen MR) is 217 cm³/mol. The van der Waals surface area contributed by atoms with Crippen molar-refractivity contribution in [3.05, 3.63) is 182 Å². The third-order valence-electron chi connectivity index (χ3n) is 10.5. The van der Waals surface area contributed by atoms with Gasteiger partial charge in [0.25, 0.3) is 0 Å². The Morgan fingerprint density at radius 1 is 0.346 bits per heavy atom. The van der Waals surface area contributed by atoms with Gasteiger partial charge in [-0.25, -0.2) is 9.97 Å². The van der Waals surface area contributed by atoms with E-state index in [1.165, 1.54) is 54.5 Å². The van der Waals surface area contributed by atoms with E-state index in [-0.39, 0.29) is 0 Å². The molecular formula is C48H30N4. The molecule has 0 N–H and O–H groups in total. The van der Waals surface area contributed by atoms with Gasteiger partial charge in [0.15, 0.2) is 5.82 Å². The SMILES string of the molecule is c1ccc(-c2ccc(-c3nc4ccccc4nc3-n3c4ccccc4c4c5c6ccccc6n(-c6ccc7ccccc7c6)c5ccc43)cc2)cc1. The maximum atomic E-state index is 5.39. The molecule has 3 aromatic heterocycles. The van der Waals surface area contributed by atoms with Gasteiger partial charge in [-0.3, -0.25) is 4.57 Å². The third-order valence-corrected chi connectivity index (χ3v) is 10.5. The Kier molecular flexibility index (Phi) is 6.22. The first-order chi connectivity index (χ1) is 25.8. The summed E-state index contributed by atoms with van der Waals surface area (Å²) in [5, 5.41) is 7.32. The number of nitrogens with zero attached hydrogens (tertiary/aromatic N) is 4. The molecule has 0 aliphatic heterocycles. The molecule has 4 nitrogen and oxygen atoms in total. The Balaban J connectivity index is 1.22. The lowest BCUT2D eigenvalue weighted by atomic mass is 10.0. The van der Waals surface area contributed by atoms with Gasteiger partial charge in [-0.1, -0.05) is 133 Å². The monoisotopic (exact) mass is 662 g/mol. The van der Waals surface area contributed by atoms with Crippen molar-refractivity contribution in [1.29, 1.82) is 0 Å². The van der Waals surface area contributed by atoms with Crippen LogP contribution in [-0.4, -0.2) is 19.1 Å². The zero-order valence-corrected chi connectivity index (χ0v) is 28.1. The summed E-state index contributed by atoms with van der Waals surface area (Å²) in [6.07, 6.45) is 0. The highest BCUT2D eigenvalue weighted by atomic mass is 15.1. The van der Waals surface area contributed by atoms with Crippen LogP contribution in [0.4, 0.5) is 0 Å². The van der Waals surface area contributed by atoms with Crippen LogP contribution in [0.5, 0.6) is 0 Å². The van der Waals surface area contributed by atoms with Gasteiger partial charge in [0.2, 0.25) is 0 Å². The lowest BCUT2D eigenvalue weighted by molar-refractivity contribution is 1.08. The molecule has 0 spiro atoms. The molecule has 52 heavy (non-hydrogen) atoms. The van der Waals surface area contributed by atoms with Crippen LogP contribution in [0.15, 0.2) is 182 Å². The molecule has 8 aromatic carbocycles. The molecule has 242 valence electrons. The van der Waals surface area contributed by atoms with Gasteiger partial charge in [-0.15, -0.1) is 0 Å². The zero-order valence-electron chi connectivity index (χ0n) is 28.1. The first kappa shape index (κ1) is 28.8. The lowest BCUT2D eigenvalue weighted by Crippen LogP contribution is -2.03. The van der Waals surface area contributed by atoms with E-state index in [0.717, 1.165) is 44.8 Å². The molecule has 0 radical (unpaired) electrons. The number of para-hydroxylation sites is 4. The average Bonchev–Trinajstić information content (AvgIpc) is 3.73. The Morgan fingerprint density at radius 3 is 1.62 bits per heavy atom. The molecule has 0 saturated carbocycles. The molecule has 0 saturated heterocycles. The Labute approximate surface area is 299 Å². The van der Waals surface area contributed by atoms with Crippen LogP contribution in [0.25, 0.3) is 99.3 Å². The maximum Gasteiger partial charge on any atom is 0.165 e. The molecule has 11 rings (SSSR count). The molecular weight excluding hydrogens is 633 g/mol. The van der Waals surface area contributed by atoms with Gasteiger partial charge in [0, 0.05) is 32.8 Å². The van der Waals surface area contributed by atoms with E-state index in [2.05, 4.69) is 173 Å². The number of hydrogen-bond acceptors (Lipinski definition) is 2. The smallest absolute Gasteiger partial charge is 0.165 e. The van der Waals surface area contributed by atoms with Gasteiger partial charge in [-0.05, 0) is 70.4 Å². The molecule has 0 aliphatic carbocycles. The van der Waals surface area contributed by atoms with E-state index in [9.17, 15) is 0 Å². The van der Waals surface area contributed by atoms with Gasteiger partial charge in [0.1, 0.15) is 5.69 Å². The van der Waals surface area contributed by atoms with Gasteiger partial charge in [0.05, 0.1) is 33.1 Å². The molecule has 11 aromatic rings. The van der Waals surface area contributed by atoms with Crippen LogP contribution in [-0.2, 0) is 0 Å². The van der Waals surface area contributed by atoms with Gasteiger partial charge in [-0.2, -0.15) is 0 Å². The van der Waals surface area contributed by atoms with Crippen molar-refractivity contribution >= 4 is 65.4 Å². The first-order valence-electron chi connectivity index (χ1n) is 17.7. The standard InChI is InChI=1S/C48H30N4/c1-2-12-31(13-3-1)33-22-24-34(25-23-33)47-48(50-40-19-9-8-18-39(40)49-47)52-42-21-11-7-17-38(42)46-44(52)29-28-43-45(46)37-16-6-10-20-41(37)51(43)36-27-26-32-14-4-5-15-35(32)30-36/h1-30H. The van der Waals surface area contributed by atoms with E-state index in [1.807, 2.05) is 18.2 Å². The first-order valence-corrected chi connectivity index (χ1v) is 17.7. The lowest BCUT2D eigenvalue weighted by Gasteiger charge is -2.14. The summed E-state index contributed by atoms with van der Waals surface area (Å²) < 4.78 is 4.74. The second-order valence-electron chi connectivity index (χ2n) is 13.4. The molecule has 0 aliphatic rings. The van der Waals surface area contributed by atoms with E-state index < -0.39 is 0 Å². The van der Waals surface area contributed by atoms with Crippen molar-refractivity contribution in [1.82, 2.24) is 19.1 Å². The highest BCUT2D eigenvalue weighted by Crippen LogP contribution is 2.43. The van der Waals surface area contributed by atoms with Gasteiger partial charge < -0.3 is 4.57 Å². The summed E-state index contributed by atoms with van der Waals surface area (Å²) in [7, 11) is 0. The van der Waals surface area contributed by atoms with Gasteiger partial charge >= 0.3 is 0 Å². The number of rotatable bonds is 4. The van der Waals surface area contributed by atoms with Crippen LogP contribution in [0.2, 0.25) is 0 Å². The van der Waals surface area contributed by atoms with Crippen molar-refractivity contribution in [2.24, 2.45) is 0 Å². The minimum Gasteiger partial charge on any atom is -0.309 e. The zero-order chi connectivity index (χ0) is 34.2. The van der Waals surface area contributed by atoms with Crippen LogP contribution < -0.4 is 0 Å². The van der Waals surface area contributed by atoms with Crippen molar-refractivity contribution in [2.45, 2.75) is 0 Å². The largest absolute Gasteiger partial charge is 0.309 e. The Hall–Kier alpha value is -7.04. The number of benzene rings is 8. The number of aromatic nitrogens is 4. The summed E-state index contributed by atoms with van der Waals surface area (Å²) in [5.41, 5.74) is 11.7. The Bertz CT molecular complexity index is 3170. The summed E-state index contributed by atoms with van der Waals surface area (Å²) in [5.74, 6) is 0.815. The van der Waals surface area contributed by atoms with Crippen molar-refractivity contribution in [3.63, 3.8) is 0 Å². The fourth-order valence-electron chi connectivity index (χ4n) is 8.13. The maximum absolute atomic E-state index is 5.39. The van der Waals surface area contributed by atoms with Crippen LogP contribution in [0, 0.1) is 0 Å². The normalized spacial score (nSPS) is 11.8. The van der Waals surface area contributed by atoms with Crippen LogP contribution in [0.1, 0.15) is 0 Å². The van der Waals surface area contributed by atoms with Crippen LogP contribution in [0.3, 0.4) is 0 Å². The predicted octanol–water partition coefficient (Wildman–Crippen LogP) is 12.3. The fourth-order valence-corrected chi connectivity index (χ4v) is 8.13. The van der Waals surface area contributed by atoms with E-state index in [1.54, 1.807) is 0 Å². The molecule has 0 unspecified atom stereocenters. The van der Waals surface area contributed by atoms with Crippen molar-refractivity contribution < 1.29 is 0 Å². The fraction of sp³-hybridized carbons (Fsp3) is 0. The van der Waals surface area contributed by atoms with E-state index >= 15 is 0 Å². The molecule has 0 atom stereocenters. The molecule has 0 amide bonds. The molecule has 4 heteroatoms. The summed E-state index contributed by atoms with van der Waals surface area (Å²) >= 11 is 0. The third kappa shape index (κ3) is 4.28. The topological polar surface area (TPSA) is 35.6 Å². The summed E-state index contributed by atoms with van der Waals surface area (Å²) in [4.78, 5) is 10.7. The molecule has 0 bridgehead atoms. The van der Waals surface area contributed by atoms with Crippen molar-refractivity contribution in [3.8, 4) is 33.9 Å². The quantitative estimate of drug-likeness (QED) is 0.188. The average molecular weight is 663 g/mol. The van der Waals surface area contributed by atoms with Crippen LogP contribution >= 0.6 is 0 Å². The highest BCUT2D eigenvalue weighted by Gasteiger charge is 2.23. The van der Waals surface area contributed by atoms with Crippen molar-refractivity contribution in [2.75, 3.05) is 0 Å². The highest BCUT2D eigenvalue weighted by molar-refractivity contribution is 6.29. The molecule has 3 heterocycles. The number of hydrogen-bond donors (Lipinski definition) is 0. The van der Waals surface area contributed by atoms with E-state index in [0.29, 0.717) is 0 Å². The minimum absolute atomic E-state index is 0.815. The summed E-state index contributed by atoms with van der Waals surface area (Å²) in [6.45, 7) is 0. The molecule has 0 fully saturated rings.